The Kier molecular flexibility index (Phi) is 6.04. The van der Waals surface area contributed by atoms with E-state index in [1.807, 2.05) is 0 Å². The van der Waals surface area contributed by atoms with Crippen LogP contribution in [0.3, 0.4) is 0 Å². The first-order valence-electron chi connectivity index (χ1n) is 12.4. The number of piperidine rings is 1. The topological polar surface area (TPSA) is 151 Å². The van der Waals surface area contributed by atoms with Gasteiger partial charge in [0.15, 0.2) is 11.7 Å². The molecule has 1 saturated carbocycles. The summed E-state index contributed by atoms with van der Waals surface area (Å²) in [6.45, 7) is 0.534. The fourth-order valence-electron chi connectivity index (χ4n) is 6.09. The Morgan fingerprint density at radius 1 is 1.15 bits per heavy atom. The number of amides is 1. The first-order valence-corrected chi connectivity index (χ1v) is 15.7. The predicted molar refractivity (Wildman–Crippen MR) is 138 cm³/mol. The Hall–Kier alpha value is -3.36. The molecular formula is C25H25FN4O7S2. The molecule has 3 saturated heterocycles. The summed E-state index contributed by atoms with van der Waals surface area (Å²) in [7, 11) is -8.05. The van der Waals surface area contributed by atoms with Gasteiger partial charge in [0.2, 0.25) is 15.9 Å². The van der Waals surface area contributed by atoms with Gasteiger partial charge in [-0.25, -0.2) is 12.8 Å². The molecule has 5 unspecified atom stereocenters. The maximum atomic E-state index is 14.0. The smallest absolute Gasteiger partial charge is 0.286 e. The van der Waals surface area contributed by atoms with E-state index in [4.69, 9.17) is 4.74 Å². The molecule has 0 radical (unpaired) electrons. The van der Waals surface area contributed by atoms with Crippen molar-refractivity contribution in [3.63, 3.8) is 0 Å². The summed E-state index contributed by atoms with van der Waals surface area (Å²) >= 11 is 0. The van der Waals surface area contributed by atoms with E-state index in [1.54, 1.807) is 17.0 Å². The van der Waals surface area contributed by atoms with Crippen LogP contribution in [0.25, 0.3) is 0 Å². The molecule has 5 atom stereocenters. The number of amidine groups is 1. The SMILES string of the molecule is CS(=O)(=O)Nc1ccc2c(c1)S(=O)(=O)N=C(C1C(=O)C3C4CCC(CO4)C3N(Cc3ccc(F)cc3)C1=O)N2. The van der Waals surface area contributed by atoms with E-state index in [0.29, 0.717) is 18.6 Å². The molecular weight excluding hydrogens is 551 g/mol. The van der Waals surface area contributed by atoms with E-state index < -0.39 is 61.5 Å². The molecule has 14 heteroatoms. The highest BCUT2D eigenvalue weighted by Gasteiger charge is 2.59. The van der Waals surface area contributed by atoms with Crippen molar-refractivity contribution in [3.8, 4) is 0 Å². The van der Waals surface area contributed by atoms with Crippen LogP contribution in [0.5, 0.6) is 0 Å². The van der Waals surface area contributed by atoms with Crippen molar-refractivity contribution in [3.05, 3.63) is 53.8 Å². The number of sulfonamides is 2. The monoisotopic (exact) mass is 576 g/mol. The Bertz CT molecular complexity index is 1620. The summed E-state index contributed by atoms with van der Waals surface area (Å²) in [6, 6.07) is 9.13. The van der Waals surface area contributed by atoms with Crippen molar-refractivity contribution in [2.45, 2.75) is 36.4 Å². The van der Waals surface area contributed by atoms with Crippen LogP contribution in [0.2, 0.25) is 0 Å². The molecule has 11 nitrogen and oxygen atoms in total. The number of rotatable bonds is 5. The first kappa shape index (κ1) is 25.9. The fraction of sp³-hybridized carbons (Fsp3) is 0.400. The number of fused-ring (bicyclic) bond motifs is 3. The molecule has 4 heterocycles. The number of benzene rings is 2. The molecule has 206 valence electrons. The van der Waals surface area contributed by atoms with Crippen LogP contribution < -0.4 is 10.0 Å². The molecule has 0 spiro atoms. The average Bonchev–Trinajstić information content (AvgIpc) is 2.87. The highest BCUT2D eigenvalue weighted by Crippen LogP contribution is 2.46. The van der Waals surface area contributed by atoms with Gasteiger partial charge < -0.3 is 15.0 Å². The molecule has 39 heavy (non-hydrogen) atoms. The molecule has 5 aliphatic rings. The van der Waals surface area contributed by atoms with Crippen LogP contribution in [-0.2, 0) is 40.9 Å². The number of nitrogens with zero attached hydrogens (tertiary/aromatic N) is 2. The maximum Gasteiger partial charge on any atom is 0.286 e. The van der Waals surface area contributed by atoms with Crippen molar-refractivity contribution in [2.75, 3.05) is 22.9 Å². The van der Waals surface area contributed by atoms with Gasteiger partial charge in [0.05, 0.1) is 30.6 Å². The van der Waals surface area contributed by atoms with E-state index in [-0.39, 0.29) is 34.6 Å². The second-order valence-electron chi connectivity index (χ2n) is 10.3. The quantitative estimate of drug-likeness (QED) is 0.511. The summed E-state index contributed by atoms with van der Waals surface area (Å²) in [6.07, 6.45) is 1.97. The number of Topliss-reactive ketones (excluding diaryl/α,β-unsaturated/α-hetero) is 1. The van der Waals surface area contributed by atoms with E-state index in [2.05, 4.69) is 14.4 Å². The van der Waals surface area contributed by atoms with Crippen LogP contribution in [0.15, 0.2) is 51.8 Å². The third kappa shape index (κ3) is 4.59. The number of anilines is 2. The number of hydrogen-bond donors (Lipinski definition) is 2. The Morgan fingerprint density at radius 3 is 2.56 bits per heavy atom. The van der Waals surface area contributed by atoms with Crippen molar-refractivity contribution in [2.24, 2.45) is 22.2 Å². The zero-order valence-corrected chi connectivity index (χ0v) is 22.3. The van der Waals surface area contributed by atoms with Gasteiger partial charge >= 0.3 is 0 Å². The van der Waals surface area contributed by atoms with Crippen LogP contribution in [0, 0.1) is 23.6 Å². The summed E-state index contributed by atoms with van der Waals surface area (Å²) in [5, 5.41) is 2.84. The summed E-state index contributed by atoms with van der Waals surface area (Å²) < 4.78 is 75.0. The number of nitrogens with one attached hydrogen (secondary N) is 2. The summed E-state index contributed by atoms with van der Waals surface area (Å²) in [5.41, 5.74) is 0.753. The van der Waals surface area contributed by atoms with Crippen LogP contribution in [-0.4, -0.2) is 64.3 Å². The number of likely N-dealkylation sites (tertiary alicyclic amines) is 1. The predicted octanol–water partition coefficient (Wildman–Crippen LogP) is 1.73. The summed E-state index contributed by atoms with van der Waals surface area (Å²) in [4.78, 5) is 29.1. The molecule has 7 rings (SSSR count). The first-order chi connectivity index (χ1) is 18.4. The molecule has 4 aliphatic heterocycles. The number of ketones is 1. The fourth-order valence-corrected chi connectivity index (χ4v) is 7.82. The molecule has 1 aliphatic carbocycles. The van der Waals surface area contributed by atoms with Gasteiger partial charge in [-0.05, 0) is 48.7 Å². The van der Waals surface area contributed by atoms with Gasteiger partial charge in [0.1, 0.15) is 16.5 Å². The van der Waals surface area contributed by atoms with E-state index in [0.717, 1.165) is 18.7 Å². The highest BCUT2D eigenvalue weighted by atomic mass is 32.2. The Labute approximate surface area is 224 Å². The van der Waals surface area contributed by atoms with E-state index in [9.17, 15) is 30.8 Å². The number of ether oxygens (including phenoxy) is 1. The maximum absolute atomic E-state index is 14.0. The number of carbonyl (C=O) groups excluding carboxylic acids is 2. The minimum absolute atomic E-state index is 0.0220. The van der Waals surface area contributed by atoms with Crippen molar-refractivity contribution >= 4 is 48.9 Å². The third-order valence-electron chi connectivity index (χ3n) is 7.68. The lowest BCUT2D eigenvalue weighted by atomic mass is 9.65. The number of hydrogen-bond acceptors (Lipinski definition) is 8. The highest BCUT2D eigenvalue weighted by molar-refractivity contribution is 7.92. The lowest BCUT2D eigenvalue weighted by Gasteiger charge is -2.55. The molecule has 0 aromatic heterocycles. The third-order valence-corrected chi connectivity index (χ3v) is 9.62. The zero-order valence-electron chi connectivity index (χ0n) is 20.7. The van der Waals surface area contributed by atoms with Crippen molar-refractivity contribution in [1.82, 2.24) is 4.90 Å². The zero-order chi connectivity index (χ0) is 27.7. The lowest BCUT2D eigenvalue weighted by molar-refractivity contribution is -0.184. The number of carbonyl (C=O) groups is 2. The standard InChI is InChI=1S/C25H25FN4O7S2/c1-38(33,34)28-16-7-8-17-19(10-16)39(35,36)29-24(27-17)21-23(31)20-18-9-4-14(12-37-18)22(20)30(25(21)32)11-13-2-5-15(26)6-3-13/h2-3,5-8,10,14,18,20-22,28H,4,9,11-12H2,1H3,(H,27,29). The van der Waals surface area contributed by atoms with Gasteiger partial charge in [-0.1, -0.05) is 12.1 Å². The van der Waals surface area contributed by atoms with Crippen LogP contribution in [0.4, 0.5) is 15.8 Å². The Balaban J connectivity index is 1.38. The minimum Gasteiger partial charge on any atom is -0.377 e. The van der Waals surface area contributed by atoms with Crippen molar-refractivity contribution in [1.29, 1.82) is 0 Å². The lowest BCUT2D eigenvalue weighted by Crippen LogP contribution is -2.68. The average molecular weight is 577 g/mol. The minimum atomic E-state index is -4.39. The molecule has 2 aromatic rings. The largest absolute Gasteiger partial charge is 0.377 e. The molecule has 2 bridgehead atoms. The van der Waals surface area contributed by atoms with Crippen LogP contribution >= 0.6 is 0 Å². The van der Waals surface area contributed by atoms with Crippen molar-refractivity contribution < 1.29 is 35.6 Å². The molecule has 4 fully saturated rings. The normalized spacial score (nSPS) is 29.2. The van der Waals surface area contributed by atoms with Gasteiger partial charge in [-0.15, -0.1) is 4.40 Å². The second kappa shape index (κ2) is 9.10. The van der Waals surface area contributed by atoms with Gasteiger partial charge in [0, 0.05) is 24.2 Å². The van der Waals surface area contributed by atoms with Gasteiger partial charge in [-0.2, -0.15) is 8.42 Å². The Morgan fingerprint density at radius 2 is 1.90 bits per heavy atom. The molecule has 2 aromatic carbocycles. The second-order valence-corrected chi connectivity index (χ2v) is 13.6. The van der Waals surface area contributed by atoms with Crippen LogP contribution in [0.1, 0.15) is 18.4 Å². The number of halogens is 1. The van der Waals surface area contributed by atoms with E-state index in [1.165, 1.54) is 24.3 Å². The molecule has 2 N–H and O–H groups in total. The summed E-state index contributed by atoms with van der Waals surface area (Å²) in [5.74, 6) is -3.99. The van der Waals surface area contributed by atoms with E-state index >= 15 is 0 Å². The van der Waals surface area contributed by atoms with Gasteiger partial charge in [-0.3, -0.25) is 14.3 Å². The van der Waals surface area contributed by atoms with Gasteiger partial charge in [0.25, 0.3) is 10.0 Å². The molecule has 1 amide bonds.